The van der Waals surface area contributed by atoms with E-state index >= 15 is 0 Å². The van der Waals surface area contributed by atoms with Gasteiger partial charge < -0.3 is 9.84 Å². The number of carbonyl (C=O) groups excluding carboxylic acids is 1. The van der Waals surface area contributed by atoms with Crippen molar-refractivity contribution in [3.63, 3.8) is 0 Å². The van der Waals surface area contributed by atoms with Gasteiger partial charge in [-0.2, -0.15) is 0 Å². The molecular formula is C14H20O3. The van der Waals surface area contributed by atoms with Crippen molar-refractivity contribution >= 4 is 5.78 Å². The van der Waals surface area contributed by atoms with Crippen molar-refractivity contribution in [2.45, 2.75) is 32.6 Å². The standard InChI is InChI=1S/C14H20O3/c1-2-13(16)7-5-11-17-14-8-4-3-6-12(14)9-10-15/h3-4,6,8,15H,2,5,7,9-11H2,1H3. The topological polar surface area (TPSA) is 46.5 Å². The number of aliphatic hydroxyl groups is 1. The Morgan fingerprint density at radius 1 is 1.35 bits per heavy atom. The van der Waals surface area contributed by atoms with Gasteiger partial charge >= 0.3 is 0 Å². The van der Waals surface area contributed by atoms with Crippen LogP contribution in [0, 0.1) is 0 Å². The van der Waals surface area contributed by atoms with Crippen LogP contribution in [0.1, 0.15) is 31.7 Å². The van der Waals surface area contributed by atoms with Crippen molar-refractivity contribution in [3.8, 4) is 5.75 Å². The fourth-order valence-electron chi connectivity index (χ4n) is 1.60. The molecule has 0 aliphatic rings. The second-order valence-electron chi connectivity index (χ2n) is 3.93. The minimum absolute atomic E-state index is 0.120. The van der Waals surface area contributed by atoms with Gasteiger partial charge in [0.15, 0.2) is 0 Å². The van der Waals surface area contributed by atoms with Crippen LogP contribution in [0.4, 0.5) is 0 Å². The highest BCUT2D eigenvalue weighted by Crippen LogP contribution is 2.18. The minimum atomic E-state index is 0.120. The summed E-state index contributed by atoms with van der Waals surface area (Å²) in [5.41, 5.74) is 1.01. The van der Waals surface area contributed by atoms with Crippen LogP contribution < -0.4 is 4.74 Å². The lowest BCUT2D eigenvalue weighted by Gasteiger charge is -2.10. The fraction of sp³-hybridized carbons (Fsp3) is 0.500. The number of hydrogen-bond donors (Lipinski definition) is 1. The van der Waals surface area contributed by atoms with Gasteiger partial charge in [0.05, 0.1) is 6.61 Å². The zero-order valence-corrected chi connectivity index (χ0v) is 10.3. The molecular weight excluding hydrogens is 216 g/mol. The van der Waals surface area contributed by atoms with Crippen molar-refractivity contribution in [1.82, 2.24) is 0 Å². The monoisotopic (exact) mass is 236 g/mol. The van der Waals surface area contributed by atoms with Gasteiger partial charge in [-0.05, 0) is 24.5 Å². The van der Waals surface area contributed by atoms with E-state index in [2.05, 4.69) is 0 Å². The summed E-state index contributed by atoms with van der Waals surface area (Å²) < 4.78 is 5.62. The van der Waals surface area contributed by atoms with Gasteiger partial charge in [-0.25, -0.2) is 0 Å². The maximum Gasteiger partial charge on any atom is 0.132 e. The molecule has 0 radical (unpaired) electrons. The SMILES string of the molecule is CCC(=O)CCCOc1ccccc1CCO. The molecule has 0 fully saturated rings. The van der Waals surface area contributed by atoms with E-state index in [1.807, 2.05) is 31.2 Å². The highest BCUT2D eigenvalue weighted by molar-refractivity contribution is 5.77. The van der Waals surface area contributed by atoms with Crippen molar-refractivity contribution in [1.29, 1.82) is 0 Å². The number of rotatable bonds is 8. The van der Waals surface area contributed by atoms with E-state index < -0.39 is 0 Å². The van der Waals surface area contributed by atoms with Crippen LogP contribution in [0.5, 0.6) is 5.75 Å². The van der Waals surface area contributed by atoms with E-state index in [0.29, 0.717) is 25.9 Å². The third-order valence-electron chi connectivity index (χ3n) is 2.61. The van der Waals surface area contributed by atoms with E-state index in [1.54, 1.807) is 0 Å². The normalized spacial score (nSPS) is 10.2. The van der Waals surface area contributed by atoms with Gasteiger partial charge in [0.25, 0.3) is 0 Å². The molecule has 0 aliphatic heterocycles. The van der Waals surface area contributed by atoms with Gasteiger partial charge in [0.1, 0.15) is 11.5 Å². The Balaban J connectivity index is 2.38. The second-order valence-corrected chi connectivity index (χ2v) is 3.93. The van der Waals surface area contributed by atoms with Gasteiger partial charge in [0.2, 0.25) is 0 Å². The lowest BCUT2D eigenvalue weighted by molar-refractivity contribution is -0.118. The number of ketones is 1. The molecule has 1 N–H and O–H groups in total. The molecule has 1 aromatic rings. The molecule has 1 aromatic carbocycles. The quantitative estimate of drug-likeness (QED) is 0.705. The summed E-state index contributed by atoms with van der Waals surface area (Å²) in [6.07, 6.45) is 2.53. The first-order valence-electron chi connectivity index (χ1n) is 6.11. The van der Waals surface area contributed by atoms with Crippen LogP contribution in [0.2, 0.25) is 0 Å². The Bertz CT molecular complexity index is 347. The number of aliphatic hydroxyl groups excluding tert-OH is 1. The summed E-state index contributed by atoms with van der Waals surface area (Å²) in [7, 11) is 0. The molecule has 0 aliphatic carbocycles. The number of benzene rings is 1. The Kier molecular flexibility index (Phi) is 6.33. The van der Waals surface area contributed by atoms with Gasteiger partial charge in [-0.1, -0.05) is 25.1 Å². The smallest absolute Gasteiger partial charge is 0.132 e. The Morgan fingerprint density at radius 3 is 2.82 bits per heavy atom. The molecule has 0 atom stereocenters. The van der Waals surface area contributed by atoms with Crippen LogP contribution in [-0.2, 0) is 11.2 Å². The molecule has 0 saturated carbocycles. The van der Waals surface area contributed by atoms with E-state index in [9.17, 15) is 4.79 Å². The fourth-order valence-corrected chi connectivity index (χ4v) is 1.60. The maximum atomic E-state index is 11.1. The second kappa shape index (κ2) is 7.85. The summed E-state index contributed by atoms with van der Waals surface area (Å²) in [4.78, 5) is 11.1. The molecule has 1 rings (SSSR count). The first-order valence-corrected chi connectivity index (χ1v) is 6.11. The van der Waals surface area contributed by atoms with E-state index in [-0.39, 0.29) is 12.4 Å². The number of ether oxygens (including phenoxy) is 1. The third-order valence-corrected chi connectivity index (χ3v) is 2.61. The first kappa shape index (κ1) is 13.7. The van der Waals surface area contributed by atoms with E-state index in [0.717, 1.165) is 17.7 Å². The summed E-state index contributed by atoms with van der Waals surface area (Å²) >= 11 is 0. The zero-order chi connectivity index (χ0) is 12.5. The minimum Gasteiger partial charge on any atom is -0.493 e. The van der Waals surface area contributed by atoms with Crippen LogP contribution in [0.15, 0.2) is 24.3 Å². The Morgan fingerprint density at radius 2 is 2.12 bits per heavy atom. The lowest BCUT2D eigenvalue weighted by atomic mass is 10.1. The largest absolute Gasteiger partial charge is 0.493 e. The number of carbonyl (C=O) groups is 1. The average Bonchev–Trinajstić information content (AvgIpc) is 2.36. The van der Waals surface area contributed by atoms with Crippen LogP contribution in [0.3, 0.4) is 0 Å². The summed E-state index contributed by atoms with van der Waals surface area (Å²) in [6, 6.07) is 7.68. The summed E-state index contributed by atoms with van der Waals surface area (Å²) in [5, 5.41) is 8.92. The van der Waals surface area contributed by atoms with Crippen LogP contribution in [0.25, 0.3) is 0 Å². The zero-order valence-electron chi connectivity index (χ0n) is 10.3. The molecule has 3 nitrogen and oxygen atoms in total. The van der Waals surface area contributed by atoms with E-state index in [4.69, 9.17) is 9.84 Å². The van der Waals surface area contributed by atoms with Crippen molar-refractivity contribution in [3.05, 3.63) is 29.8 Å². The Hall–Kier alpha value is -1.35. The average molecular weight is 236 g/mol. The molecule has 0 spiro atoms. The van der Waals surface area contributed by atoms with Crippen LogP contribution in [-0.4, -0.2) is 24.1 Å². The van der Waals surface area contributed by atoms with Crippen molar-refractivity contribution in [2.75, 3.05) is 13.2 Å². The highest BCUT2D eigenvalue weighted by Gasteiger charge is 2.03. The number of Topliss-reactive ketones (excluding diaryl/α,β-unsaturated/α-hetero) is 1. The molecule has 0 bridgehead atoms. The molecule has 0 aromatic heterocycles. The molecule has 0 amide bonds. The Labute approximate surface area is 102 Å². The predicted octanol–water partition coefficient (Wildman–Crippen LogP) is 2.36. The molecule has 0 heterocycles. The molecule has 0 saturated heterocycles. The number of hydrogen-bond acceptors (Lipinski definition) is 3. The summed E-state index contributed by atoms with van der Waals surface area (Å²) in [5.74, 6) is 1.09. The number of para-hydroxylation sites is 1. The van der Waals surface area contributed by atoms with Crippen LogP contribution >= 0.6 is 0 Å². The van der Waals surface area contributed by atoms with Gasteiger partial charge in [-0.3, -0.25) is 4.79 Å². The summed E-state index contributed by atoms with van der Waals surface area (Å²) in [6.45, 7) is 2.54. The first-order chi connectivity index (χ1) is 8.27. The van der Waals surface area contributed by atoms with Gasteiger partial charge in [-0.15, -0.1) is 0 Å². The maximum absolute atomic E-state index is 11.1. The van der Waals surface area contributed by atoms with Gasteiger partial charge in [0, 0.05) is 19.4 Å². The van der Waals surface area contributed by atoms with Crippen molar-refractivity contribution in [2.24, 2.45) is 0 Å². The van der Waals surface area contributed by atoms with E-state index in [1.165, 1.54) is 0 Å². The predicted molar refractivity (Wildman–Crippen MR) is 67.3 cm³/mol. The third kappa shape index (κ3) is 5.00. The van der Waals surface area contributed by atoms with Crippen molar-refractivity contribution < 1.29 is 14.6 Å². The molecule has 3 heteroatoms. The lowest BCUT2D eigenvalue weighted by Crippen LogP contribution is -2.04. The molecule has 94 valence electrons. The molecule has 17 heavy (non-hydrogen) atoms. The molecule has 0 unspecified atom stereocenters. The highest BCUT2D eigenvalue weighted by atomic mass is 16.5.